The van der Waals surface area contributed by atoms with Crippen LogP contribution in [0.2, 0.25) is 0 Å². The summed E-state index contributed by atoms with van der Waals surface area (Å²) >= 11 is 0. The van der Waals surface area contributed by atoms with Gasteiger partial charge in [0.15, 0.2) is 0 Å². The van der Waals surface area contributed by atoms with Crippen LogP contribution in [0.4, 0.5) is 0 Å². The van der Waals surface area contributed by atoms with Crippen molar-refractivity contribution in [2.24, 2.45) is 0 Å². The van der Waals surface area contributed by atoms with Gasteiger partial charge in [0.05, 0.1) is 0 Å². The molecular weight excluding hydrogens is 312 g/mol. The average Bonchev–Trinajstić information content (AvgIpc) is 2.61. The van der Waals surface area contributed by atoms with Crippen LogP contribution in [0.15, 0.2) is 36.4 Å². The monoisotopic (exact) mass is 338 g/mol. The first kappa shape index (κ1) is 18.7. The van der Waals surface area contributed by atoms with Crippen LogP contribution in [0.25, 0.3) is 16.7 Å². The van der Waals surface area contributed by atoms with Crippen molar-refractivity contribution in [1.82, 2.24) is 0 Å². The van der Waals surface area contributed by atoms with Crippen molar-refractivity contribution in [3.05, 3.63) is 58.7 Å². The fraction of sp³-hybridized carbons (Fsp3) is 0.273. The molecule has 2 rings (SSSR count). The molecule has 0 bridgehead atoms. The predicted molar refractivity (Wildman–Crippen MR) is 104 cm³/mol. The van der Waals surface area contributed by atoms with Crippen LogP contribution < -0.4 is 0 Å². The number of para-hydroxylation sites is 1. The molecule has 2 aromatic carbocycles. The van der Waals surface area contributed by atoms with Gasteiger partial charge in [0.2, 0.25) is 0 Å². The minimum Gasteiger partial charge on any atom is -0.507 e. The van der Waals surface area contributed by atoms with Gasteiger partial charge < -0.3 is 15.3 Å². The maximum atomic E-state index is 10.9. The van der Waals surface area contributed by atoms with Crippen molar-refractivity contribution in [3.63, 3.8) is 0 Å². The summed E-state index contributed by atoms with van der Waals surface area (Å²) in [5.74, 6) is 0.330. The van der Waals surface area contributed by atoms with Crippen molar-refractivity contribution in [2.75, 3.05) is 0 Å². The molecule has 0 spiro atoms. The Kier molecular flexibility index (Phi) is 5.58. The number of aromatic hydroxyl groups is 3. The largest absolute Gasteiger partial charge is 0.507 e. The Bertz CT molecular complexity index is 829. The van der Waals surface area contributed by atoms with Crippen LogP contribution in [0, 0.1) is 20.8 Å². The molecule has 0 unspecified atom stereocenters. The quantitative estimate of drug-likeness (QED) is 0.490. The maximum Gasteiger partial charge on any atom is 0.131 e. The number of phenols is 3. The molecule has 0 heterocycles. The van der Waals surface area contributed by atoms with Crippen LogP contribution in [0.3, 0.4) is 0 Å². The Morgan fingerprint density at radius 1 is 0.920 bits per heavy atom. The first-order valence-electron chi connectivity index (χ1n) is 8.52. The molecule has 0 saturated heterocycles. The number of allylic oxidation sites excluding steroid dienone is 4. The Morgan fingerprint density at radius 3 is 2.16 bits per heavy atom. The van der Waals surface area contributed by atoms with E-state index in [0.717, 1.165) is 12.0 Å². The number of rotatable bonds is 4. The van der Waals surface area contributed by atoms with E-state index < -0.39 is 0 Å². The Balaban J connectivity index is 2.76. The van der Waals surface area contributed by atoms with E-state index in [9.17, 15) is 15.3 Å². The van der Waals surface area contributed by atoms with Crippen LogP contribution in [0.1, 0.15) is 42.5 Å². The van der Waals surface area contributed by atoms with E-state index in [1.165, 1.54) is 0 Å². The molecule has 3 nitrogen and oxygen atoms in total. The van der Waals surface area contributed by atoms with E-state index in [2.05, 4.69) is 6.92 Å². The molecule has 0 aliphatic carbocycles. The van der Waals surface area contributed by atoms with Crippen LogP contribution in [0.5, 0.6) is 17.2 Å². The number of hydrogen-bond donors (Lipinski definition) is 3. The SMILES string of the molecule is C/C=C(\C=C/CC)c1cccc(-c2c(C)c(O)c(C)c(C)c2O)c1O. The molecule has 0 aliphatic rings. The first-order valence-corrected chi connectivity index (χ1v) is 8.52. The molecule has 0 radical (unpaired) electrons. The fourth-order valence-electron chi connectivity index (χ4n) is 3.01. The summed E-state index contributed by atoms with van der Waals surface area (Å²) in [5, 5.41) is 31.9. The molecule has 25 heavy (non-hydrogen) atoms. The minimum absolute atomic E-state index is 0.0892. The van der Waals surface area contributed by atoms with Gasteiger partial charge in [0, 0.05) is 22.3 Å². The Labute approximate surface area is 149 Å². The zero-order valence-electron chi connectivity index (χ0n) is 15.5. The summed E-state index contributed by atoms with van der Waals surface area (Å²) in [4.78, 5) is 0. The fourth-order valence-corrected chi connectivity index (χ4v) is 3.01. The topological polar surface area (TPSA) is 60.7 Å². The highest BCUT2D eigenvalue weighted by atomic mass is 16.3. The van der Waals surface area contributed by atoms with Crippen molar-refractivity contribution >= 4 is 5.57 Å². The number of benzene rings is 2. The molecule has 0 aliphatic heterocycles. The summed E-state index contributed by atoms with van der Waals surface area (Å²) in [7, 11) is 0. The molecule has 2 aromatic rings. The molecule has 0 aromatic heterocycles. The predicted octanol–water partition coefficient (Wildman–Crippen LogP) is 5.77. The standard InChI is InChI=1S/C22H26O3/c1-6-8-10-16(7-2)17-11-9-12-18(22(17)25)19-15(5)20(23)13(3)14(4)21(19)24/h7-12,23-25H,6H2,1-5H3/b10-8-,16-7+. The van der Waals surface area contributed by atoms with Crippen molar-refractivity contribution in [3.8, 4) is 28.4 Å². The molecule has 3 N–H and O–H groups in total. The van der Waals surface area contributed by atoms with Gasteiger partial charge in [-0.1, -0.05) is 43.4 Å². The van der Waals surface area contributed by atoms with Crippen molar-refractivity contribution in [2.45, 2.75) is 41.0 Å². The van der Waals surface area contributed by atoms with Gasteiger partial charge in [-0.15, -0.1) is 0 Å². The molecular formula is C22H26O3. The van der Waals surface area contributed by atoms with Gasteiger partial charge in [-0.05, 0) is 50.8 Å². The maximum absolute atomic E-state index is 10.9. The van der Waals surface area contributed by atoms with E-state index in [0.29, 0.717) is 33.4 Å². The van der Waals surface area contributed by atoms with Gasteiger partial charge in [-0.2, -0.15) is 0 Å². The lowest BCUT2D eigenvalue weighted by atomic mass is 9.90. The van der Waals surface area contributed by atoms with E-state index in [1.54, 1.807) is 26.8 Å². The highest BCUT2D eigenvalue weighted by Gasteiger charge is 2.21. The van der Waals surface area contributed by atoms with Gasteiger partial charge in [-0.3, -0.25) is 0 Å². The molecule has 132 valence electrons. The summed E-state index contributed by atoms with van der Waals surface area (Å²) < 4.78 is 0. The highest BCUT2D eigenvalue weighted by molar-refractivity contribution is 5.88. The van der Waals surface area contributed by atoms with Crippen molar-refractivity contribution in [1.29, 1.82) is 0 Å². The summed E-state index contributed by atoms with van der Waals surface area (Å²) in [6, 6.07) is 5.45. The van der Waals surface area contributed by atoms with E-state index in [4.69, 9.17) is 0 Å². The van der Waals surface area contributed by atoms with E-state index in [1.807, 2.05) is 37.3 Å². The average molecular weight is 338 g/mol. The second-order valence-corrected chi connectivity index (χ2v) is 6.20. The highest BCUT2D eigenvalue weighted by Crippen LogP contribution is 2.46. The van der Waals surface area contributed by atoms with E-state index in [-0.39, 0.29) is 17.2 Å². The minimum atomic E-state index is 0.0892. The number of hydrogen-bond acceptors (Lipinski definition) is 3. The Hall–Kier alpha value is -2.68. The lowest BCUT2D eigenvalue weighted by Gasteiger charge is -2.18. The lowest BCUT2D eigenvalue weighted by Crippen LogP contribution is -1.94. The van der Waals surface area contributed by atoms with Crippen molar-refractivity contribution < 1.29 is 15.3 Å². The van der Waals surface area contributed by atoms with Gasteiger partial charge >= 0.3 is 0 Å². The third-order valence-electron chi connectivity index (χ3n) is 4.70. The van der Waals surface area contributed by atoms with Gasteiger partial charge in [0.25, 0.3) is 0 Å². The summed E-state index contributed by atoms with van der Waals surface area (Å²) in [5.41, 5.74) is 4.39. The molecule has 0 saturated carbocycles. The molecule has 0 atom stereocenters. The van der Waals surface area contributed by atoms with Gasteiger partial charge in [0.1, 0.15) is 17.2 Å². The zero-order chi connectivity index (χ0) is 18.7. The molecule has 0 fully saturated rings. The number of phenolic OH excluding ortho intramolecular Hbond substituents is 3. The Morgan fingerprint density at radius 2 is 1.56 bits per heavy atom. The first-order chi connectivity index (χ1) is 11.8. The second-order valence-electron chi connectivity index (χ2n) is 6.20. The zero-order valence-corrected chi connectivity index (χ0v) is 15.5. The molecule has 0 amide bonds. The van der Waals surface area contributed by atoms with Gasteiger partial charge in [-0.25, -0.2) is 0 Å². The summed E-state index contributed by atoms with van der Waals surface area (Å²) in [6.45, 7) is 9.25. The van der Waals surface area contributed by atoms with Crippen LogP contribution >= 0.6 is 0 Å². The smallest absolute Gasteiger partial charge is 0.131 e. The normalized spacial score (nSPS) is 12.1. The van der Waals surface area contributed by atoms with E-state index >= 15 is 0 Å². The van der Waals surface area contributed by atoms with Crippen LogP contribution in [-0.2, 0) is 0 Å². The third-order valence-corrected chi connectivity index (χ3v) is 4.70. The second kappa shape index (κ2) is 7.47. The summed E-state index contributed by atoms with van der Waals surface area (Å²) in [6.07, 6.45) is 6.85. The third kappa shape index (κ3) is 3.27. The lowest BCUT2D eigenvalue weighted by molar-refractivity contribution is 0.449. The molecule has 3 heteroatoms. The van der Waals surface area contributed by atoms with Crippen LogP contribution in [-0.4, -0.2) is 15.3 Å².